The van der Waals surface area contributed by atoms with Crippen molar-refractivity contribution < 1.29 is 32.3 Å². The average Bonchev–Trinajstić information content (AvgIpc) is 3.18. The van der Waals surface area contributed by atoms with Gasteiger partial charge in [-0.25, -0.2) is 4.79 Å². The van der Waals surface area contributed by atoms with Gasteiger partial charge in [-0.15, -0.1) is 11.3 Å². The molecule has 2 heterocycles. The lowest BCUT2D eigenvalue weighted by atomic mass is 10.1. The average molecular weight is 460 g/mol. The lowest BCUT2D eigenvalue weighted by Crippen LogP contribution is -2.24. The third-order valence-corrected chi connectivity index (χ3v) is 5.32. The summed E-state index contributed by atoms with van der Waals surface area (Å²) in [5, 5.41) is 6.19. The van der Waals surface area contributed by atoms with E-state index < -0.39 is 30.3 Å². The number of aryl methyl sites for hydroxylation is 1. The molecule has 0 radical (unpaired) electrons. The second kappa shape index (κ2) is 9.50. The summed E-state index contributed by atoms with van der Waals surface area (Å²) in [6.07, 6.45) is -4.11. The first-order valence-electron chi connectivity index (χ1n) is 9.30. The van der Waals surface area contributed by atoms with Crippen molar-refractivity contribution in [3.8, 4) is 0 Å². The fraction of sp³-hybridized carbons (Fsp3) is 0.474. The quantitative estimate of drug-likeness (QED) is 0.639. The monoisotopic (exact) mass is 460 g/mol. The van der Waals surface area contributed by atoms with E-state index in [1.807, 2.05) is 6.92 Å². The zero-order valence-electron chi connectivity index (χ0n) is 17.7. The van der Waals surface area contributed by atoms with Crippen LogP contribution in [0.4, 0.5) is 18.2 Å². The van der Waals surface area contributed by atoms with Gasteiger partial charge in [-0.1, -0.05) is 6.92 Å². The lowest BCUT2D eigenvalue weighted by Gasteiger charge is -2.11. The first-order chi connectivity index (χ1) is 14.4. The van der Waals surface area contributed by atoms with Crippen molar-refractivity contribution in [3.63, 3.8) is 0 Å². The Labute approximate surface area is 181 Å². The van der Waals surface area contributed by atoms with Gasteiger partial charge in [0.05, 0.1) is 22.7 Å². The molecule has 31 heavy (non-hydrogen) atoms. The van der Waals surface area contributed by atoms with E-state index in [-0.39, 0.29) is 33.6 Å². The minimum absolute atomic E-state index is 0.00434. The number of aromatic nitrogens is 2. The van der Waals surface area contributed by atoms with Crippen molar-refractivity contribution in [3.05, 3.63) is 33.5 Å². The summed E-state index contributed by atoms with van der Waals surface area (Å²) in [5.41, 5.74) is -0.626. The van der Waals surface area contributed by atoms with Crippen LogP contribution in [0.1, 0.15) is 50.3 Å². The predicted octanol–water partition coefficient (Wildman–Crippen LogP) is 3.49. The number of ether oxygens (including phenoxy) is 1. The van der Waals surface area contributed by atoms with Crippen molar-refractivity contribution in [2.45, 2.75) is 39.9 Å². The molecule has 2 aromatic heterocycles. The summed E-state index contributed by atoms with van der Waals surface area (Å²) in [4.78, 5) is 39.0. The number of thiophene rings is 1. The molecule has 0 atom stereocenters. The van der Waals surface area contributed by atoms with E-state index in [2.05, 4.69) is 10.4 Å². The van der Waals surface area contributed by atoms with Gasteiger partial charge in [0.15, 0.2) is 0 Å². The van der Waals surface area contributed by atoms with Crippen molar-refractivity contribution in [2.24, 2.45) is 0 Å². The number of rotatable bonds is 7. The van der Waals surface area contributed by atoms with Crippen LogP contribution < -0.4 is 5.32 Å². The molecule has 2 aromatic rings. The third kappa shape index (κ3) is 5.63. The maximum absolute atomic E-state index is 13.2. The molecule has 0 bridgehead atoms. The van der Waals surface area contributed by atoms with Crippen molar-refractivity contribution >= 4 is 34.1 Å². The van der Waals surface area contributed by atoms with Gasteiger partial charge in [0.25, 0.3) is 5.91 Å². The van der Waals surface area contributed by atoms with Gasteiger partial charge in [-0.3, -0.25) is 14.3 Å². The number of nitrogens with one attached hydrogen (secondary N) is 1. The molecule has 12 heteroatoms. The molecule has 0 spiro atoms. The highest BCUT2D eigenvalue weighted by Crippen LogP contribution is 2.35. The number of carbonyl (C=O) groups excluding carboxylic acids is 3. The summed E-state index contributed by atoms with van der Waals surface area (Å²) in [6, 6.07) is 0.837. The summed E-state index contributed by atoms with van der Waals surface area (Å²) in [6.45, 7) is 4.15. The van der Waals surface area contributed by atoms with Crippen LogP contribution in [0.2, 0.25) is 0 Å². The van der Waals surface area contributed by atoms with Gasteiger partial charge in [0.2, 0.25) is 5.91 Å². The molecular formula is C19H23F3N4O4S. The van der Waals surface area contributed by atoms with Gasteiger partial charge in [-0.05, 0) is 31.9 Å². The van der Waals surface area contributed by atoms with Crippen LogP contribution in [0.5, 0.6) is 0 Å². The van der Waals surface area contributed by atoms with Crippen LogP contribution in [0, 0.1) is 13.8 Å². The minimum Gasteiger partial charge on any atom is -0.462 e. The van der Waals surface area contributed by atoms with Gasteiger partial charge >= 0.3 is 12.1 Å². The Bertz CT molecular complexity index is 995. The molecule has 0 saturated carbocycles. The lowest BCUT2D eigenvalue weighted by molar-refractivity contribution is -0.144. The van der Waals surface area contributed by atoms with Crippen molar-refractivity contribution in [1.29, 1.82) is 0 Å². The highest BCUT2D eigenvalue weighted by molar-refractivity contribution is 7.18. The maximum atomic E-state index is 13.2. The van der Waals surface area contributed by atoms with Crippen LogP contribution >= 0.6 is 11.3 Å². The molecule has 170 valence electrons. The molecule has 2 rings (SSSR count). The van der Waals surface area contributed by atoms with Crippen LogP contribution in [0.25, 0.3) is 0 Å². The fourth-order valence-corrected chi connectivity index (χ4v) is 3.95. The number of anilines is 1. The minimum atomic E-state index is -4.68. The van der Waals surface area contributed by atoms with E-state index in [9.17, 15) is 27.6 Å². The molecule has 0 aliphatic heterocycles. The Balaban J connectivity index is 2.37. The Morgan fingerprint density at radius 1 is 1.26 bits per heavy atom. The van der Waals surface area contributed by atoms with Crippen LogP contribution in [0.3, 0.4) is 0 Å². The largest absolute Gasteiger partial charge is 0.462 e. The van der Waals surface area contributed by atoms with Crippen LogP contribution in [-0.4, -0.2) is 53.2 Å². The van der Waals surface area contributed by atoms with E-state index in [1.54, 1.807) is 6.92 Å². The Morgan fingerprint density at radius 2 is 1.90 bits per heavy atom. The fourth-order valence-electron chi connectivity index (χ4n) is 2.72. The number of carbonyl (C=O) groups is 3. The number of amides is 2. The van der Waals surface area contributed by atoms with Crippen molar-refractivity contribution in [2.75, 3.05) is 26.0 Å². The Kier molecular flexibility index (Phi) is 7.47. The highest BCUT2D eigenvalue weighted by Gasteiger charge is 2.36. The zero-order valence-corrected chi connectivity index (χ0v) is 18.5. The van der Waals surface area contributed by atoms with E-state index in [0.29, 0.717) is 16.7 Å². The number of alkyl halides is 3. The first-order valence-corrected chi connectivity index (χ1v) is 10.1. The number of halogens is 3. The van der Waals surface area contributed by atoms with Gasteiger partial charge in [-0.2, -0.15) is 18.3 Å². The number of hydrogen-bond donors (Lipinski definition) is 1. The maximum Gasteiger partial charge on any atom is 0.433 e. The molecule has 0 saturated heterocycles. The Morgan fingerprint density at radius 3 is 2.45 bits per heavy atom. The topological polar surface area (TPSA) is 93.5 Å². The molecule has 0 unspecified atom stereocenters. The summed E-state index contributed by atoms with van der Waals surface area (Å²) in [5.74, 6) is -1.94. The van der Waals surface area contributed by atoms with E-state index in [4.69, 9.17) is 4.74 Å². The van der Waals surface area contributed by atoms with Gasteiger partial charge < -0.3 is 15.0 Å². The van der Waals surface area contributed by atoms with Crippen molar-refractivity contribution in [1.82, 2.24) is 14.7 Å². The zero-order chi connectivity index (χ0) is 23.5. The summed E-state index contributed by atoms with van der Waals surface area (Å²) >= 11 is 0.862. The molecular weight excluding hydrogens is 437 g/mol. The van der Waals surface area contributed by atoms with E-state index >= 15 is 0 Å². The second-order valence-electron chi connectivity index (χ2n) is 6.97. The molecule has 2 amide bonds. The Hall–Kier alpha value is -2.89. The van der Waals surface area contributed by atoms with Gasteiger partial charge in [0.1, 0.15) is 17.2 Å². The molecule has 0 aliphatic carbocycles. The van der Waals surface area contributed by atoms with E-state index in [0.717, 1.165) is 17.4 Å². The van der Waals surface area contributed by atoms with Crippen LogP contribution in [-0.2, 0) is 22.3 Å². The van der Waals surface area contributed by atoms with Crippen LogP contribution in [0.15, 0.2) is 6.07 Å². The number of esters is 1. The number of hydrogen-bond acceptors (Lipinski definition) is 6. The number of nitrogens with zero attached hydrogens (tertiary/aromatic N) is 3. The second-order valence-corrected chi connectivity index (χ2v) is 7.99. The smallest absolute Gasteiger partial charge is 0.433 e. The predicted molar refractivity (Wildman–Crippen MR) is 108 cm³/mol. The molecule has 1 N–H and O–H groups in total. The highest BCUT2D eigenvalue weighted by atomic mass is 32.1. The molecule has 0 aliphatic rings. The standard InChI is InChI=1S/C19H23F3N4O4S/c1-6-7-30-18(29)14-11(3)15(17(28)25(4)5)31-16(14)23-13(27)9-26-12(19(20,21)22)8-10(2)24-26/h8H,6-7,9H2,1-5H3,(H,23,27). The SMILES string of the molecule is CCCOC(=O)c1c(NC(=O)Cn2nc(C)cc2C(F)(F)F)sc(C(=O)N(C)C)c1C. The molecule has 0 fully saturated rings. The normalized spacial score (nSPS) is 11.4. The molecule has 8 nitrogen and oxygen atoms in total. The summed E-state index contributed by atoms with van der Waals surface area (Å²) in [7, 11) is 3.07. The molecule has 0 aromatic carbocycles. The van der Waals surface area contributed by atoms with Gasteiger partial charge in [0, 0.05) is 14.1 Å². The third-order valence-electron chi connectivity index (χ3n) is 4.13. The first kappa shape index (κ1) is 24.4. The summed E-state index contributed by atoms with van der Waals surface area (Å²) < 4.78 is 45.2. The van der Waals surface area contributed by atoms with E-state index in [1.165, 1.54) is 25.9 Å².